The summed E-state index contributed by atoms with van der Waals surface area (Å²) in [6, 6.07) is 0. The monoisotopic (exact) mass is 265 g/mol. The molecule has 0 aromatic heterocycles. The van der Waals surface area contributed by atoms with Gasteiger partial charge in [0, 0.05) is 19.6 Å². The first-order chi connectivity index (χ1) is 7.45. The highest BCUT2D eigenvalue weighted by atomic mass is 31.2. The third kappa shape index (κ3) is 7.35. The maximum Gasteiger partial charge on any atom is 0.673 e. The molecule has 0 amide bonds. The molecule has 0 radical (unpaired) electrons. The Bertz CT molecular complexity index is 169. The second-order valence-electron chi connectivity index (χ2n) is 3.13. The molecule has 3 fully saturated rings. The van der Waals surface area contributed by atoms with E-state index in [-0.39, 0.29) is 0 Å². The third-order valence-electron chi connectivity index (χ3n) is 1.88. The number of fused-ring (bicyclic) bond motifs is 6. The first-order valence-electron chi connectivity index (χ1n) is 4.80. The van der Waals surface area contributed by atoms with E-state index in [0.29, 0.717) is 0 Å². The Labute approximate surface area is 91.9 Å². The van der Waals surface area contributed by atoms with E-state index in [0.717, 1.165) is 39.5 Å². The average molecular weight is 265 g/mol. The molecule has 96 valence electrons. The normalized spacial score (nSPS) is 30.8. The van der Waals surface area contributed by atoms with Gasteiger partial charge < -0.3 is 17.3 Å². The highest BCUT2D eigenvalue weighted by molar-refractivity contribution is 7.41. The molecule has 0 spiro atoms. The molecule has 0 aromatic rings. The minimum absolute atomic E-state index is 0.758. The van der Waals surface area contributed by atoms with E-state index >= 15 is 0 Å². The van der Waals surface area contributed by atoms with E-state index in [4.69, 9.17) is 13.6 Å². The second-order valence-corrected chi connectivity index (χ2v) is 4.50. The van der Waals surface area contributed by atoms with Gasteiger partial charge in [-0.05, 0) is 0 Å². The molecule has 3 rings (SSSR count). The summed E-state index contributed by atoms with van der Waals surface area (Å²) >= 11 is 0. The zero-order valence-corrected chi connectivity index (χ0v) is 9.50. The fourth-order valence-electron chi connectivity index (χ4n) is 1.23. The molecule has 0 N–H and O–H groups in total. The number of hydrogen-bond donors (Lipinski definition) is 0. The highest BCUT2D eigenvalue weighted by Crippen LogP contribution is 2.40. The van der Waals surface area contributed by atoms with Gasteiger partial charge in [-0.25, -0.2) is 0 Å². The summed E-state index contributed by atoms with van der Waals surface area (Å²) in [6.07, 6.45) is 0. The molecule has 16 heavy (non-hydrogen) atoms. The SMILES string of the molecule is C1CN2CCO[PH+](O1)OCC2.F[B-](F)(F)F. The van der Waals surface area contributed by atoms with Crippen molar-refractivity contribution in [3.8, 4) is 0 Å². The Balaban J connectivity index is 0.000000221. The molecule has 0 saturated carbocycles. The maximum atomic E-state index is 9.75. The third-order valence-corrected chi connectivity index (χ3v) is 3.20. The van der Waals surface area contributed by atoms with Crippen LogP contribution < -0.4 is 0 Å². The van der Waals surface area contributed by atoms with Crippen molar-refractivity contribution in [3.05, 3.63) is 0 Å². The Morgan fingerprint density at radius 2 is 1.12 bits per heavy atom. The molecule has 0 atom stereocenters. The summed E-state index contributed by atoms with van der Waals surface area (Å²) in [5.41, 5.74) is 0. The lowest BCUT2D eigenvalue weighted by molar-refractivity contribution is 0.0609. The van der Waals surface area contributed by atoms with Crippen LogP contribution in [0.5, 0.6) is 0 Å². The van der Waals surface area contributed by atoms with Crippen LogP contribution in [0.25, 0.3) is 0 Å². The van der Waals surface area contributed by atoms with Gasteiger partial charge in [0.25, 0.3) is 0 Å². The van der Waals surface area contributed by atoms with Crippen molar-refractivity contribution in [3.63, 3.8) is 0 Å². The zero-order chi connectivity index (χ0) is 12.0. The zero-order valence-electron chi connectivity index (χ0n) is 8.50. The van der Waals surface area contributed by atoms with Gasteiger partial charge >= 0.3 is 15.9 Å². The Kier molecular flexibility index (Phi) is 5.92. The van der Waals surface area contributed by atoms with E-state index in [9.17, 15) is 17.3 Å². The molecular formula is C6H13BF4NO3P. The van der Waals surface area contributed by atoms with Crippen LogP contribution in [-0.4, -0.2) is 51.6 Å². The molecule has 0 aromatic carbocycles. The van der Waals surface area contributed by atoms with Gasteiger partial charge in [-0.2, -0.15) is 13.6 Å². The molecule has 3 aliphatic rings. The lowest BCUT2D eigenvalue weighted by Gasteiger charge is -2.26. The van der Waals surface area contributed by atoms with Crippen LogP contribution in [0.3, 0.4) is 0 Å². The summed E-state index contributed by atoms with van der Waals surface area (Å²) in [7, 11) is -7.35. The smallest absolute Gasteiger partial charge is 0.418 e. The number of hydrogen-bond acceptors (Lipinski definition) is 4. The van der Waals surface area contributed by atoms with E-state index in [1.165, 1.54) is 0 Å². The van der Waals surface area contributed by atoms with Crippen molar-refractivity contribution in [2.45, 2.75) is 0 Å². The maximum absolute atomic E-state index is 9.75. The van der Waals surface area contributed by atoms with Crippen LogP contribution in [0.1, 0.15) is 0 Å². The Morgan fingerprint density at radius 1 is 0.812 bits per heavy atom. The van der Waals surface area contributed by atoms with Gasteiger partial charge in [0.15, 0.2) is 0 Å². The average Bonchev–Trinajstić information content (AvgIpc) is 1.94. The summed E-state index contributed by atoms with van der Waals surface area (Å²) in [5, 5.41) is 0. The van der Waals surface area contributed by atoms with Crippen molar-refractivity contribution >= 4 is 15.9 Å². The number of rotatable bonds is 0. The van der Waals surface area contributed by atoms with E-state index in [1.807, 2.05) is 0 Å². The molecule has 3 saturated heterocycles. The standard InChI is InChI=1S/C6H13NO3P.BF4/c1-4-8-11-9-5-2-7(1)3-6-10-11;2-1(3,4)5/h11H,1-6H2;/q+1;-1. The van der Waals surface area contributed by atoms with Gasteiger partial charge in [0.05, 0.1) is 0 Å². The van der Waals surface area contributed by atoms with Crippen LogP contribution in [0.4, 0.5) is 17.3 Å². The van der Waals surface area contributed by atoms with Gasteiger partial charge in [-0.15, -0.1) is 0 Å². The highest BCUT2D eigenvalue weighted by Gasteiger charge is 2.27. The van der Waals surface area contributed by atoms with Gasteiger partial charge in [-0.1, -0.05) is 0 Å². The molecule has 10 heteroatoms. The minimum Gasteiger partial charge on any atom is -0.418 e. The van der Waals surface area contributed by atoms with E-state index in [2.05, 4.69) is 4.90 Å². The van der Waals surface area contributed by atoms with Gasteiger partial charge in [0.1, 0.15) is 19.8 Å². The van der Waals surface area contributed by atoms with E-state index in [1.54, 1.807) is 0 Å². The fraction of sp³-hybridized carbons (Fsp3) is 1.00. The molecule has 4 nitrogen and oxygen atoms in total. The number of halogens is 4. The van der Waals surface area contributed by atoms with Crippen LogP contribution in [-0.2, 0) is 13.6 Å². The minimum atomic E-state index is -6.00. The molecular weight excluding hydrogens is 252 g/mol. The van der Waals surface area contributed by atoms with Crippen LogP contribution in [0, 0.1) is 0 Å². The molecule has 3 aliphatic heterocycles. The Morgan fingerprint density at radius 3 is 1.44 bits per heavy atom. The quantitative estimate of drug-likeness (QED) is 0.378. The molecule has 3 heterocycles. The van der Waals surface area contributed by atoms with Crippen molar-refractivity contribution in [1.82, 2.24) is 4.90 Å². The Hall–Kier alpha value is 0.0549. The van der Waals surface area contributed by atoms with Crippen molar-refractivity contribution < 1.29 is 30.8 Å². The second kappa shape index (κ2) is 6.71. The van der Waals surface area contributed by atoms with Crippen molar-refractivity contribution in [1.29, 1.82) is 0 Å². The van der Waals surface area contributed by atoms with Crippen LogP contribution in [0.15, 0.2) is 0 Å². The molecule has 0 aliphatic carbocycles. The first kappa shape index (κ1) is 14.1. The lowest BCUT2D eigenvalue weighted by atomic mass is 10.3. The topological polar surface area (TPSA) is 30.9 Å². The van der Waals surface area contributed by atoms with Crippen molar-refractivity contribution in [2.75, 3.05) is 39.5 Å². The van der Waals surface area contributed by atoms with Crippen LogP contribution >= 0.6 is 8.60 Å². The van der Waals surface area contributed by atoms with Gasteiger partial charge in [0.2, 0.25) is 0 Å². The fourth-order valence-corrected chi connectivity index (χ4v) is 2.26. The van der Waals surface area contributed by atoms with E-state index < -0.39 is 15.9 Å². The predicted octanol–water partition coefficient (Wildman–Crippen LogP) is 1.62. The predicted molar refractivity (Wildman–Crippen MR) is 52.8 cm³/mol. The summed E-state index contributed by atoms with van der Waals surface area (Å²) in [6.45, 7) is 5.36. The number of nitrogens with zero attached hydrogens (tertiary/aromatic N) is 1. The van der Waals surface area contributed by atoms with Gasteiger partial charge in [-0.3, -0.25) is 4.90 Å². The lowest BCUT2D eigenvalue weighted by Crippen LogP contribution is -2.37. The summed E-state index contributed by atoms with van der Waals surface area (Å²) in [4.78, 5) is 2.30. The summed E-state index contributed by atoms with van der Waals surface area (Å²) < 4.78 is 55.1. The van der Waals surface area contributed by atoms with Crippen molar-refractivity contribution in [2.24, 2.45) is 0 Å². The molecule has 2 bridgehead atoms. The molecule has 0 unspecified atom stereocenters. The largest absolute Gasteiger partial charge is 0.673 e. The first-order valence-corrected chi connectivity index (χ1v) is 6.02. The van der Waals surface area contributed by atoms with Crippen LogP contribution in [0.2, 0.25) is 0 Å². The summed E-state index contributed by atoms with van der Waals surface area (Å²) in [5.74, 6) is 0.